The summed E-state index contributed by atoms with van der Waals surface area (Å²) in [6.45, 7) is 3.77. The van der Waals surface area contributed by atoms with Crippen molar-refractivity contribution in [3.8, 4) is 0 Å². The summed E-state index contributed by atoms with van der Waals surface area (Å²) >= 11 is 0. The Morgan fingerprint density at radius 1 is 1.69 bits per heavy atom. The average Bonchev–Trinajstić information content (AvgIpc) is 2.37. The van der Waals surface area contributed by atoms with E-state index in [9.17, 15) is 9.59 Å². The lowest BCUT2D eigenvalue weighted by molar-refractivity contribution is -0.138. The van der Waals surface area contributed by atoms with Gasteiger partial charge in [0.25, 0.3) is 0 Å². The summed E-state index contributed by atoms with van der Waals surface area (Å²) < 4.78 is 4.33. The molecule has 0 bridgehead atoms. The maximum atomic E-state index is 9.96. The van der Waals surface area contributed by atoms with Crippen LogP contribution in [0, 0.1) is 5.92 Å². The van der Waals surface area contributed by atoms with Gasteiger partial charge in [-0.2, -0.15) is 0 Å². The molecule has 0 aromatic heterocycles. The molecule has 0 spiro atoms. The fourth-order valence-corrected chi connectivity index (χ4v) is 0.666. The highest BCUT2D eigenvalue weighted by Gasteiger charge is 2.00. The van der Waals surface area contributed by atoms with Crippen molar-refractivity contribution in [2.45, 2.75) is 26.7 Å². The number of hydrogen-bond acceptors (Lipinski definition) is 3. The molecule has 0 saturated heterocycles. The Morgan fingerprint density at radius 2 is 2.31 bits per heavy atom. The second-order valence-electron chi connectivity index (χ2n) is 3.06. The first-order valence-electron chi connectivity index (χ1n) is 4.08. The molecule has 1 N–H and O–H groups in total. The number of carboxylic acids is 1. The van der Waals surface area contributed by atoms with Gasteiger partial charge in [-0.15, -0.1) is 0 Å². The number of carboxylic acid groups (broad SMARTS) is 1. The number of esters is 1. The van der Waals surface area contributed by atoms with E-state index in [0.717, 1.165) is 0 Å². The summed E-state index contributed by atoms with van der Waals surface area (Å²) in [6.07, 6.45) is 3.81. The molecule has 0 aliphatic carbocycles. The van der Waals surface area contributed by atoms with Gasteiger partial charge in [0.2, 0.25) is 0 Å². The number of rotatable bonds is 2. The average molecular weight is 186 g/mol. The van der Waals surface area contributed by atoms with Crippen LogP contribution in [0.5, 0.6) is 0 Å². The van der Waals surface area contributed by atoms with E-state index in [0.29, 0.717) is 6.42 Å². The van der Waals surface area contributed by atoms with Gasteiger partial charge in [-0.1, -0.05) is 13.8 Å². The van der Waals surface area contributed by atoms with Gasteiger partial charge in [0.15, 0.2) is 0 Å². The van der Waals surface area contributed by atoms with E-state index in [-0.39, 0.29) is 18.3 Å². The van der Waals surface area contributed by atoms with E-state index >= 15 is 0 Å². The minimum Gasteiger partial charge on any atom is -0.481 e. The van der Waals surface area contributed by atoms with Gasteiger partial charge in [-0.25, -0.2) is 0 Å². The Kier molecular flexibility index (Phi) is 5.59. The zero-order chi connectivity index (χ0) is 10.3. The molecule has 0 saturated carbocycles. The maximum absolute atomic E-state index is 9.96. The fraction of sp³-hybridized carbons (Fsp3) is 0.556. The second-order valence-corrected chi connectivity index (χ2v) is 3.06. The topological polar surface area (TPSA) is 63.6 Å². The summed E-state index contributed by atoms with van der Waals surface area (Å²) in [5.74, 6) is -0.595. The Hall–Kier alpha value is -1.32. The molecular weight excluding hydrogens is 172 g/mol. The molecule has 0 unspecified atom stereocenters. The molecule has 74 valence electrons. The summed E-state index contributed by atoms with van der Waals surface area (Å²) in [4.78, 5) is 19.8. The van der Waals surface area contributed by atoms with E-state index in [1.54, 1.807) is 6.08 Å². The van der Waals surface area contributed by atoms with Crippen LogP contribution in [-0.2, 0) is 14.3 Å². The molecule has 0 aromatic rings. The minimum absolute atomic E-state index is 0.157. The minimum atomic E-state index is -0.713. The van der Waals surface area contributed by atoms with Crippen molar-refractivity contribution >= 4 is 11.9 Å². The van der Waals surface area contributed by atoms with Gasteiger partial charge in [0.1, 0.15) is 0 Å². The standard InChI is InChI=1S/C5H10O2.C4H4O2/c1-4(2)3-5(6)7;5-4-2-1-3-6-4/h4H,3H2,1-2H3,(H,6,7);1,3H,2H2. The Bertz CT molecular complexity index is 196. The fourth-order valence-electron chi connectivity index (χ4n) is 0.666. The first-order chi connectivity index (χ1) is 6.02. The molecule has 4 heteroatoms. The van der Waals surface area contributed by atoms with Crippen LogP contribution in [0.1, 0.15) is 26.7 Å². The first kappa shape index (κ1) is 11.7. The van der Waals surface area contributed by atoms with Crippen LogP contribution < -0.4 is 0 Å². The highest BCUT2D eigenvalue weighted by molar-refractivity contribution is 5.73. The third-order valence-electron chi connectivity index (χ3n) is 1.16. The van der Waals surface area contributed by atoms with Gasteiger partial charge in [-0.05, 0) is 12.0 Å². The van der Waals surface area contributed by atoms with Crippen LogP contribution in [0.4, 0.5) is 0 Å². The van der Waals surface area contributed by atoms with Crippen molar-refractivity contribution in [1.29, 1.82) is 0 Å². The quantitative estimate of drug-likeness (QED) is 0.665. The summed E-state index contributed by atoms with van der Waals surface area (Å²) in [7, 11) is 0. The zero-order valence-electron chi connectivity index (χ0n) is 7.82. The van der Waals surface area contributed by atoms with Gasteiger partial charge in [0, 0.05) is 6.42 Å². The van der Waals surface area contributed by atoms with Crippen molar-refractivity contribution in [3.05, 3.63) is 12.3 Å². The summed E-state index contributed by atoms with van der Waals surface area (Å²) in [5.41, 5.74) is 0. The third kappa shape index (κ3) is 8.59. The number of cyclic esters (lactones) is 1. The largest absolute Gasteiger partial charge is 0.481 e. The van der Waals surface area contributed by atoms with E-state index in [1.165, 1.54) is 6.26 Å². The molecule has 0 aromatic carbocycles. The van der Waals surface area contributed by atoms with Crippen molar-refractivity contribution in [3.63, 3.8) is 0 Å². The molecule has 0 fully saturated rings. The summed E-state index contributed by atoms with van der Waals surface area (Å²) in [6, 6.07) is 0. The first-order valence-corrected chi connectivity index (χ1v) is 4.08. The number of carbonyl (C=O) groups excluding carboxylic acids is 1. The van der Waals surface area contributed by atoms with Crippen LogP contribution in [0.2, 0.25) is 0 Å². The molecule has 1 rings (SSSR count). The lowest BCUT2D eigenvalue weighted by Gasteiger charge is -1.94. The van der Waals surface area contributed by atoms with Crippen molar-refractivity contribution in [2.75, 3.05) is 0 Å². The van der Waals surface area contributed by atoms with Crippen LogP contribution in [0.25, 0.3) is 0 Å². The van der Waals surface area contributed by atoms with Crippen molar-refractivity contribution in [2.24, 2.45) is 5.92 Å². The smallest absolute Gasteiger partial charge is 0.314 e. The lowest BCUT2D eigenvalue weighted by atomic mass is 10.1. The molecular formula is C9H14O4. The van der Waals surface area contributed by atoms with Gasteiger partial charge in [-0.3, -0.25) is 9.59 Å². The number of ether oxygens (including phenoxy) is 1. The SMILES string of the molecule is CC(C)CC(=O)O.O=C1CC=CO1. The van der Waals surface area contributed by atoms with Crippen LogP contribution in [0.3, 0.4) is 0 Å². The molecule has 0 radical (unpaired) electrons. The molecule has 0 atom stereocenters. The van der Waals surface area contributed by atoms with Gasteiger partial charge >= 0.3 is 11.9 Å². The predicted molar refractivity (Wildman–Crippen MR) is 46.9 cm³/mol. The Morgan fingerprint density at radius 3 is 2.38 bits per heavy atom. The Balaban J connectivity index is 0.000000223. The number of aliphatic carboxylic acids is 1. The highest BCUT2D eigenvalue weighted by Crippen LogP contribution is 1.97. The monoisotopic (exact) mass is 186 g/mol. The summed E-state index contributed by atoms with van der Waals surface area (Å²) in [5, 5.41) is 8.08. The third-order valence-corrected chi connectivity index (χ3v) is 1.16. The number of carbonyl (C=O) groups is 2. The molecule has 13 heavy (non-hydrogen) atoms. The molecule has 1 aliphatic heterocycles. The molecule has 0 amide bonds. The van der Waals surface area contributed by atoms with Gasteiger partial charge in [0.05, 0.1) is 12.7 Å². The van der Waals surface area contributed by atoms with Crippen LogP contribution in [0.15, 0.2) is 12.3 Å². The molecule has 1 heterocycles. The van der Waals surface area contributed by atoms with E-state index < -0.39 is 5.97 Å². The number of hydrogen-bond donors (Lipinski definition) is 1. The predicted octanol–water partition coefficient (Wildman–Crippen LogP) is 1.56. The second kappa shape index (κ2) is 6.22. The van der Waals surface area contributed by atoms with E-state index in [1.807, 2.05) is 13.8 Å². The maximum Gasteiger partial charge on any atom is 0.314 e. The van der Waals surface area contributed by atoms with Crippen LogP contribution >= 0.6 is 0 Å². The zero-order valence-corrected chi connectivity index (χ0v) is 7.82. The lowest BCUT2D eigenvalue weighted by Crippen LogP contribution is -1.99. The van der Waals surface area contributed by atoms with E-state index in [2.05, 4.69) is 4.74 Å². The Labute approximate surface area is 77.2 Å². The van der Waals surface area contributed by atoms with Gasteiger partial charge < -0.3 is 9.84 Å². The van der Waals surface area contributed by atoms with E-state index in [4.69, 9.17) is 5.11 Å². The normalized spacial score (nSPS) is 13.6. The molecule has 4 nitrogen and oxygen atoms in total. The van der Waals surface area contributed by atoms with Crippen LogP contribution in [-0.4, -0.2) is 17.0 Å². The van der Waals surface area contributed by atoms with Crippen molar-refractivity contribution in [1.82, 2.24) is 0 Å². The van der Waals surface area contributed by atoms with Crippen molar-refractivity contribution < 1.29 is 19.4 Å². The molecule has 1 aliphatic rings. The highest BCUT2D eigenvalue weighted by atomic mass is 16.5.